The molecule has 4 aromatic rings. The average Bonchev–Trinajstić information content (AvgIpc) is 3.27. The minimum absolute atomic E-state index is 0.0602. The molecule has 0 aliphatic heterocycles. The van der Waals surface area contributed by atoms with Crippen LogP contribution in [0.4, 0.5) is 10.3 Å². The van der Waals surface area contributed by atoms with Crippen LogP contribution in [-0.4, -0.2) is 35.1 Å². The van der Waals surface area contributed by atoms with Crippen LogP contribution in [0.2, 0.25) is 0 Å². The van der Waals surface area contributed by atoms with E-state index in [0.717, 1.165) is 0 Å². The molecule has 0 radical (unpaired) electrons. The standard InChI is InChI=1S/C23H21FN8O/c1-3-23(2,33)20-9-5-7-15(27-20)12-32-13-19(30-31-32)18-10-17(28-22(26)29-18)16-8-4-6-14(11-25)21(16)24/h4-10,13,33H,3,12H2,1-2H3,(H2,26,28,29). The number of aliphatic hydroxyl groups is 1. The molecule has 0 amide bonds. The first-order chi connectivity index (χ1) is 15.8. The van der Waals surface area contributed by atoms with E-state index in [0.29, 0.717) is 35.7 Å². The van der Waals surface area contributed by atoms with Crippen LogP contribution in [0.5, 0.6) is 0 Å². The van der Waals surface area contributed by atoms with Crippen LogP contribution in [0.3, 0.4) is 0 Å². The molecule has 0 bridgehead atoms. The van der Waals surface area contributed by atoms with Crippen molar-refractivity contribution in [3.63, 3.8) is 0 Å². The van der Waals surface area contributed by atoms with Crippen LogP contribution in [0.15, 0.2) is 48.7 Å². The third kappa shape index (κ3) is 4.53. The number of nitrogens with zero attached hydrogens (tertiary/aromatic N) is 7. The molecule has 3 N–H and O–H groups in total. The van der Waals surface area contributed by atoms with Gasteiger partial charge in [-0.15, -0.1) is 5.10 Å². The predicted molar refractivity (Wildman–Crippen MR) is 119 cm³/mol. The van der Waals surface area contributed by atoms with Crippen LogP contribution >= 0.6 is 0 Å². The van der Waals surface area contributed by atoms with E-state index < -0.39 is 11.4 Å². The van der Waals surface area contributed by atoms with Crippen LogP contribution in [0, 0.1) is 17.1 Å². The number of anilines is 1. The summed E-state index contributed by atoms with van der Waals surface area (Å²) < 4.78 is 16.2. The molecule has 1 unspecified atom stereocenters. The van der Waals surface area contributed by atoms with Gasteiger partial charge in [-0.2, -0.15) is 5.26 Å². The highest BCUT2D eigenvalue weighted by Crippen LogP contribution is 2.27. The van der Waals surface area contributed by atoms with Crippen molar-refractivity contribution in [2.75, 3.05) is 5.73 Å². The first-order valence-corrected chi connectivity index (χ1v) is 10.2. The number of aromatic nitrogens is 6. The monoisotopic (exact) mass is 444 g/mol. The van der Waals surface area contributed by atoms with E-state index in [1.54, 1.807) is 36.0 Å². The van der Waals surface area contributed by atoms with Gasteiger partial charge in [0.1, 0.15) is 23.2 Å². The Labute approximate surface area is 189 Å². The predicted octanol–water partition coefficient (Wildman–Crippen LogP) is 3.06. The Morgan fingerprint density at radius 3 is 2.64 bits per heavy atom. The van der Waals surface area contributed by atoms with Gasteiger partial charge in [-0.3, -0.25) is 4.98 Å². The SMILES string of the molecule is CCC(C)(O)c1cccc(Cn2cc(-c3cc(-c4cccc(C#N)c4F)nc(N)n3)nn2)n1. The molecule has 0 fully saturated rings. The highest BCUT2D eigenvalue weighted by atomic mass is 19.1. The number of nitrogen functional groups attached to an aromatic ring is 1. The summed E-state index contributed by atoms with van der Waals surface area (Å²) in [4.78, 5) is 12.8. The minimum Gasteiger partial charge on any atom is -0.384 e. The van der Waals surface area contributed by atoms with Gasteiger partial charge in [0, 0.05) is 5.56 Å². The minimum atomic E-state index is -1.02. The zero-order chi connectivity index (χ0) is 23.6. The summed E-state index contributed by atoms with van der Waals surface area (Å²) in [5, 5.41) is 27.8. The molecular formula is C23H21FN8O. The fourth-order valence-electron chi connectivity index (χ4n) is 3.26. The Kier molecular flexibility index (Phi) is 5.81. The second-order valence-corrected chi connectivity index (χ2v) is 7.72. The lowest BCUT2D eigenvalue weighted by atomic mass is 9.98. The smallest absolute Gasteiger partial charge is 0.221 e. The largest absolute Gasteiger partial charge is 0.384 e. The van der Waals surface area contributed by atoms with E-state index in [1.807, 2.05) is 25.1 Å². The number of rotatable bonds is 6. The third-order valence-electron chi connectivity index (χ3n) is 5.31. The molecule has 3 aromatic heterocycles. The van der Waals surface area contributed by atoms with Crippen LogP contribution in [0.1, 0.15) is 37.2 Å². The number of hydrogen-bond acceptors (Lipinski definition) is 8. The van der Waals surface area contributed by atoms with E-state index in [4.69, 9.17) is 11.0 Å². The number of nitriles is 1. The van der Waals surface area contributed by atoms with Crippen molar-refractivity contribution in [3.05, 3.63) is 71.4 Å². The number of nitrogens with two attached hydrogens (primary N) is 1. The van der Waals surface area contributed by atoms with Gasteiger partial charge in [-0.25, -0.2) is 19.0 Å². The van der Waals surface area contributed by atoms with Gasteiger partial charge in [-0.1, -0.05) is 24.3 Å². The van der Waals surface area contributed by atoms with Crippen molar-refractivity contribution >= 4 is 5.95 Å². The molecule has 0 aliphatic rings. The summed E-state index contributed by atoms with van der Waals surface area (Å²) in [6, 6.07) is 13.3. The quantitative estimate of drug-likeness (QED) is 0.462. The summed E-state index contributed by atoms with van der Waals surface area (Å²) in [7, 11) is 0. The number of halogens is 1. The molecule has 10 heteroatoms. The summed E-state index contributed by atoms with van der Waals surface area (Å²) in [6.07, 6.45) is 2.20. The Bertz CT molecular complexity index is 1360. The van der Waals surface area contributed by atoms with E-state index in [2.05, 4.69) is 25.3 Å². The van der Waals surface area contributed by atoms with Gasteiger partial charge >= 0.3 is 0 Å². The summed E-state index contributed by atoms with van der Waals surface area (Å²) in [6.45, 7) is 3.94. The molecule has 9 nitrogen and oxygen atoms in total. The third-order valence-corrected chi connectivity index (χ3v) is 5.31. The maximum atomic E-state index is 14.6. The fraction of sp³-hybridized carbons (Fsp3) is 0.217. The van der Waals surface area contributed by atoms with Gasteiger partial charge in [0.15, 0.2) is 0 Å². The lowest BCUT2D eigenvalue weighted by molar-refractivity contribution is 0.0483. The topological polar surface area (TPSA) is 139 Å². The van der Waals surface area contributed by atoms with Crippen molar-refractivity contribution in [1.29, 1.82) is 5.26 Å². The normalized spacial score (nSPS) is 12.8. The van der Waals surface area contributed by atoms with Gasteiger partial charge < -0.3 is 10.8 Å². The molecule has 0 aliphatic carbocycles. The summed E-state index contributed by atoms with van der Waals surface area (Å²) in [5.41, 5.74) is 7.19. The maximum absolute atomic E-state index is 14.6. The van der Waals surface area contributed by atoms with Crippen LogP contribution in [-0.2, 0) is 12.1 Å². The van der Waals surface area contributed by atoms with E-state index in [1.165, 1.54) is 12.1 Å². The molecule has 0 saturated heterocycles. The van der Waals surface area contributed by atoms with E-state index in [9.17, 15) is 9.50 Å². The van der Waals surface area contributed by atoms with E-state index >= 15 is 0 Å². The fourth-order valence-corrected chi connectivity index (χ4v) is 3.26. The first-order valence-electron chi connectivity index (χ1n) is 10.2. The second kappa shape index (κ2) is 8.72. The van der Waals surface area contributed by atoms with Crippen molar-refractivity contribution in [3.8, 4) is 28.7 Å². The Hall–Kier alpha value is -4.23. The Morgan fingerprint density at radius 2 is 1.88 bits per heavy atom. The Balaban J connectivity index is 1.64. The lowest BCUT2D eigenvalue weighted by Gasteiger charge is -2.21. The second-order valence-electron chi connectivity index (χ2n) is 7.72. The van der Waals surface area contributed by atoms with Crippen LogP contribution < -0.4 is 5.73 Å². The maximum Gasteiger partial charge on any atom is 0.221 e. The number of benzene rings is 1. The molecule has 1 aromatic carbocycles. The zero-order valence-electron chi connectivity index (χ0n) is 18.1. The lowest BCUT2D eigenvalue weighted by Crippen LogP contribution is -2.22. The molecule has 0 saturated carbocycles. The van der Waals surface area contributed by atoms with Gasteiger partial charge in [-0.05, 0) is 43.7 Å². The van der Waals surface area contributed by atoms with Crippen molar-refractivity contribution in [2.24, 2.45) is 0 Å². The van der Waals surface area contributed by atoms with E-state index in [-0.39, 0.29) is 22.8 Å². The molecule has 0 spiro atoms. The molecule has 4 rings (SSSR count). The van der Waals surface area contributed by atoms with Gasteiger partial charge in [0.05, 0.1) is 41.1 Å². The number of hydrogen-bond donors (Lipinski definition) is 2. The van der Waals surface area contributed by atoms with Crippen LogP contribution in [0.25, 0.3) is 22.6 Å². The van der Waals surface area contributed by atoms with Crippen molar-refractivity contribution in [1.82, 2.24) is 29.9 Å². The average molecular weight is 444 g/mol. The van der Waals surface area contributed by atoms with Gasteiger partial charge in [0.2, 0.25) is 5.95 Å². The molecule has 33 heavy (non-hydrogen) atoms. The molecular weight excluding hydrogens is 423 g/mol. The van der Waals surface area contributed by atoms with Crippen molar-refractivity contribution in [2.45, 2.75) is 32.4 Å². The molecule has 3 heterocycles. The first kappa shape index (κ1) is 22.0. The van der Waals surface area contributed by atoms with Crippen molar-refractivity contribution < 1.29 is 9.50 Å². The zero-order valence-corrected chi connectivity index (χ0v) is 18.1. The molecule has 166 valence electrons. The summed E-state index contributed by atoms with van der Waals surface area (Å²) in [5.74, 6) is -0.739. The highest BCUT2D eigenvalue weighted by Gasteiger charge is 2.22. The number of pyridine rings is 1. The Morgan fingerprint density at radius 1 is 1.12 bits per heavy atom. The molecule has 1 atom stereocenters. The summed E-state index contributed by atoms with van der Waals surface area (Å²) >= 11 is 0. The van der Waals surface area contributed by atoms with Gasteiger partial charge in [0.25, 0.3) is 0 Å². The highest BCUT2D eigenvalue weighted by molar-refractivity contribution is 5.68.